The van der Waals surface area contributed by atoms with E-state index in [4.69, 9.17) is 0 Å². The Hall–Kier alpha value is -2.00. The van der Waals surface area contributed by atoms with Crippen molar-refractivity contribution < 1.29 is 13.2 Å². The molecule has 0 radical (unpaired) electrons. The molecular weight excluding hydrogens is 447 g/mol. The molecule has 4 rings (SSSR count). The molecule has 156 valence electrons. The predicted molar refractivity (Wildman–Crippen MR) is 114 cm³/mol. The van der Waals surface area contributed by atoms with Crippen LogP contribution in [0.2, 0.25) is 0 Å². The standard InChI is InChI=1S/C20H23BrF3N5/c1-25-15-8-7-12-13(9-26-18(12)16(15)21)17-14(20(22,23)24)10-27-19(29-17)28-11-5-3-2-4-6-11/h7-11,19,25-26,28-29H,2-6H2,1H3. The second-order valence-corrected chi connectivity index (χ2v) is 8.21. The summed E-state index contributed by atoms with van der Waals surface area (Å²) < 4.78 is 42.0. The normalized spacial score (nSPS) is 20.9. The van der Waals surface area contributed by atoms with Gasteiger partial charge in [0.05, 0.1) is 26.9 Å². The van der Waals surface area contributed by atoms with E-state index in [1.807, 2.05) is 12.1 Å². The maximum Gasteiger partial charge on any atom is 0.419 e. The van der Waals surface area contributed by atoms with Crippen LogP contribution in [0.4, 0.5) is 18.9 Å². The lowest BCUT2D eigenvalue weighted by Crippen LogP contribution is -2.48. The van der Waals surface area contributed by atoms with Gasteiger partial charge in [0.1, 0.15) is 0 Å². The molecule has 1 atom stereocenters. The third-order valence-electron chi connectivity index (χ3n) is 5.54. The number of rotatable bonds is 4. The molecule has 0 spiro atoms. The number of aliphatic imine (C=N–C) groups is 1. The number of halogens is 4. The molecule has 0 saturated heterocycles. The van der Waals surface area contributed by atoms with Crippen LogP contribution in [0.5, 0.6) is 0 Å². The van der Waals surface area contributed by atoms with Crippen LogP contribution >= 0.6 is 15.9 Å². The summed E-state index contributed by atoms with van der Waals surface area (Å²) in [4.78, 5) is 7.21. The lowest BCUT2D eigenvalue weighted by atomic mass is 9.95. The van der Waals surface area contributed by atoms with Crippen LogP contribution in [0.1, 0.15) is 37.7 Å². The number of aromatic amines is 1. The first-order valence-corrected chi connectivity index (χ1v) is 10.5. The van der Waals surface area contributed by atoms with E-state index in [2.05, 4.69) is 41.9 Å². The van der Waals surface area contributed by atoms with E-state index in [1.165, 1.54) is 6.42 Å². The number of nitrogens with zero attached hydrogens (tertiary/aromatic N) is 1. The quantitative estimate of drug-likeness (QED) is 0.502. The molecule has 1 fully saturated rings. The predicted octanol–water partition coefficient (Wildman–Crippen LogP) is 5.13. The summed E-state index contributed by atoms with van der Waals surface area (Å²) in [6.07, 6.45) is 2.99. The van der Waals surface area contributed by atoms with Gasteiger partial charge in [-0.3, -0.25) is 10.3 Å². The van der Waals surface area contributed by atoms with Crippen LogP contribution in [0.25, 0.3) is 16.6 Å². The van der Waals surface area contributed by atoms with E-state index in [-0.39, 0.29) is 11.7 Å². The molecule has 2 aliphatic rings. The van der Waals surface area contributed by atoms with Crippen molar-refractivity contribution in [2.75, 3.05) is 12.4 Å². The van der Waals surface area contributed by atoms with Gasteiger partial charge in [0.25, 0.3) is 0 Å². The lowest BCUT2D eigenvalue weighted by Gasteiger charge is -2.31. The van der Waals surface area contributed by atoms with Crippen molar-refractivity contribution in [3.8, 4) is 0 Å². The van der Waals surface area contributed by atoms with E-state index in [0.29, 0.717) is 10.9 Å². The zero-order valence-corrected chi connectivity index (χ0v) is 17.5. The van der Waals surface area contributed by atoms with Crippen molar-refractivity contribution >= 4 is 44.4 Å². The van der Waals surface area contributed by atoms with Gasteiger partial charge >= 0.3 is 6.18 Å². The molecule has 29 heavy (non-hydrogen) atoms. The first kappa shape index (κ1) is 20.3. The SMILES string of the molecule is CNc1ccc2c(C3=C(C(F)(F)F)C=NC(NC4CCCCC4)N3)c[nH]c2c1Br. The second-order valence-electron chi connectivity index (χ2n) is 7.42. The Morgan fingerprint density at radius 2 is 1.93 bits per heavy atom. The number of allylic oxidation sites excluding steroid dienone is 1. The Morgan fingerprint density at radius 3 is 2.62 bits per heavy atom. The highest BCUT2D eigenvalue weighted by molar-refractivity contribution is 9.10. The molecule has 5 nitrogen and oxygen atoms in total. The molecule has 2 aromatic rings. The summed E-state index contributed by atoms with van der Waals surface area (Å²) in [5, 5.41) is 10.1. The van der Waals surface area contributed by atoms with Gasteiger partial charge in [-0.1, -0.05) is 25.3 Å². The van der Waals surface area contributed by atoms with Crippen LogP contribution in [0, 0.1) is 0 Å². The van der Waals surface area contributed by atoms with Gasteiger partial charge in [-0.15, -0.1) is 0 Å². The molecule has 4 N–H and O–H groups in total. The number of nitrogens with one attached hydrogen (secondary N) is 4. The molecule has 9 heteroatoms. The van der Waals surface area contributed by atoms with Crippen molar-refractivity contribution in [1.29, 1.82) is 0 Å². The minimum Gasteiger partial charge on any atom is -0.387 e. The molecule has 1 aliphatic carbocycles. The third-order valence-corrected chi connectivity index (χ3v) is 6.36. The number of hydrogen-bond donors (Lipinski definition) is 4. The van der Waals surface area contributed by atoms with Gasteiger partial charge in [0.15, 0.2) is 6.29 Å². The molecule has 1 saturated carbocycles. The van der Waals surface area contributed by atoms with Crippen molar-refractivity contribution in [2.45, 2.75) is 50.6 Å². The molecule has 1 aliphatic heterocycles. The van der Waals surface area contributed by atoms with Crippen LogP contribution < -0.4 is 16.0 Å². The van der Waals surface area contributed by atoms with Gasteiger partial charge in [-0.2, -0.15) is 13.2 Å². The number of anilines is 1. The van der Waals surface area contributed by atoms with Gasteiger partial charge in [-0.25, -0.2) is 0 Å². The Labute approximate surface area is 175 Å². The maximum atomic E-state index is 13.7. The number of fused-ring (bicyclic) bond motifs is 1. The van der Waals surface area contributed by atoms with E-state index in [0.717, 1.165) is 47.6 Å². The third kappa shape index (κ3) is 4.02. The van der Waals surface area contributed by atoms with Gasteiger partial charge < -0.3 is 15.6 Å². The van der Waals surface area contributed by atoms with Crippen molar-refractivity contribution in [2.24, 2.45) is 4.99 Å². The average molecular weight is 470 g/mol. The zero-order chi connectivity index (χ0) is 20.6. The average Bonchev–Trinajstić information content (AvgIpc) is 3.13. The van der Waals surface area contributed by atoms with Gasteiger partial charge in [-0.05, 0) is 34.8 Å². The summed E-state index contributed by atoms with van der Waals surface area (Å²) in [5.41, 5.74) is 1.33. The van der Waals surface area contributed by atoms with Crippen LogP contribution in [-0.4, -0.2) is 36.8 Å². The van der Waals surface area contributed by atoms with Gasteiger partial charge in [0.2, 0.25) is 0 Å². The number of hydrogen-bond acceptors (Lipinski definition) is 4. The van der Waals surface area contributed by atoms with Gasteiger partial charge in [0, 0.05) is 36.5 Å². The molecule has 1 unspecified atom stereocenters. The number of benzene rings is 1. The number of H-pyrrole nitrogens is 1. The molecule has 0 bridgehead atoms. The Kier molecular flexibility index (Phi) is 5.61. The highest BCUT2D eigenvalue weighted by Gasteiger charge is 2.39. The van der Waals surface area contributed by atoms with Crippen LogP contribution in [0.15, 0.2) is 33.4 Å². The van der Waals surface area contributed by atoms with E-state index >= 15 is 0 Å². The maximum absolute atomic E-state index is 13.7. The molecular formula is C20H23BrF3N5. The minimum atomic E-state index is -4.51. The Morgan fingerprint density at radius 1 is 1.17 bits per heavy atom. The summed E-state index contributed by atoms with van der Waals surface area (Å²) in [5.74, 6) is 0. The van der Waals surface area contributed by atoms with Crippen molar-refractivity contribution in [3.05, 3.63) is 33.9 Å². The fourth-order valence-electron chi connectivity index (χ4n) is 4.04. The largest absolute Gasteiger partial charge is 0.419 e. The van der Waals surface area contributed by atoms with E-state index in [1.54, 1.807) is 13.2 Å². The number of alkyl halides is 3. The first-order chi connectivity index (χ1) is 13.9. The second kappa shape index (κ2) is 8.02. The van der Waals surface area contributed by atoms with Crippen molar-refractivity contribution in [1.82, 2.24) is 15.6 Å². The molecule has 1 aromatic heterocycles. The Bertz CT molecular complexity index is 957. The highest BCUT2D eigenvalue weighted by Crippen LogP contribution is 2.38. The summed E-state index contributed by atoms with van der Waals surface area (Å²) >= 11 is 3.52. The monoisotopic (exact) mass is 469 g/mol. The number of aromatic nitrogens is 1. The van der Waals surface area contributed by atoms with E-state index < -0.39 is 18.0 Å². The van der Waals surface area contributed by atoms with E-state index in [9.17, 15) is 13.2 Å². The Balaban J connectivity index is 1.71. The van der Waals surface area contributed by atoms with Crippen LogP contribution in [0.3, 0.4) is 0 Å². The molecule has 2 heterocycles. The minimum absolute atomic E-state index is 0.0381. The lowest BCUT2D eigenvalue weighted by molar-refractivity contribution is -0.0855. The fourth-order valence-corrected chi connectivity index (χ4v) is 4.70. The molecule has 1 aromatic carbocycles. The summed E-state index contributed by atoms with van der Waals surface area (Å²) in [7, 11) is 1.79. The highest BCUT2D eigenvalue weighted by atomic mass is 79.9. The smallest absolute Gasteiger partial charge is 0.387 e. The summed E-state index contributed by atoms with van der Waals surface area (Å²) in [6, 6.07) is 3.92. The zero-order valence-electron chi connectivity index (χ0n) is 16.0. The summed E-state index contributed by atoms with van der Waals surface area (Å²) in [6.45, 7) is 0. The first-order valence-electron chi connectivity index (χ1n) is 9.73. The molecule has 0 amide bonds. The topological polar surface area (TPSA) is 64.2 Å². The van der Waals surface area contributed by atoms with Crippen LogP contribution in [-0.2, 0) is 0 Å². The van der Waals surface area contributed by atoms with Crippen molar-refractivity contribution in [3.63, 3.8) is 0 Å². The fraction of sp³-hybridized carbons (Fsp3) is 0.450.